The second-order valence-electron chi connectivity index (χ2n) is 8.80. The number of nitrogens with zero attached hydrogens (tertiary/aromatic N) is 3. The first kappa shape index (κ1) is 20.6. The Kier molecular flexibility index (Phi) is 5.20. The molecule has 1 aromatic carbocycles. The van der Waals surface area contributed by atoms with Crippen molar-refractivity contribution in [2.45, 2.75) is 52.0 Å². The fourth-order valence-electron chi connectivity index (χ4n) is 3.61. The van der Waals surface area contributed by atoms with Gasteiger partial charge in [-0.25, -0.2) is 9.48 Å². The van der Waals surface area contributed by atoms with E-state index in [1.165, 1.54) is 0 Å². The number of thiophene rings is 1. The summed E-state index contributed by atoms with van der Waals surface area (Å²) in [5.74, 6) is 0. The van der Waals surface area contributed by atoms with E-state index in [-0.39, 0.29) is 6.04 Å². The summed E-state index contributed by atoms with van der Waals surface area (Å²) >= 11 is 1.66. The lowest BCUT2D eigenvalue weighted by Gasteiger charge is -2.34. The molecule has 2 aromatic heterocycles. The van der Waals surface area contributed by atoms with E-state index in [1.54, 1.807) is 16.2 Å². The minimum absolute atomic E-state index is 0.335. The molecule has 0 saturated carbocycles. The van der Waals surface area contributed by atoms with Crippen LogP contribution in [-0.2, 0) is 9.47 Å². The van der Waals surface area contributed by atoms with E-state index in [2.05, 4.69) is 6.07 Å². The van der Waals surface area contributed by atoms with Gasteiger partial charge in [-0.1, -0.05) is 24.3 Å². The average Bonchev–Trinajstić information content (AvgIpc) is 3.38. The molecular weight excluding hydrogens is 398 g/mol. The van der Waals surface area contributed by atoms with Gasteiger partial charge >= 0.3 is 6.09 Å². The smallest absolute Gasteiger partial charge is 0.413 e. The Morgan fingerprint density at radius 1 is 1.20 bits per heavy atom. The number of rotatable bonds is 3. The van der Waals surface area contributed by atoms with Crippen LogP contribution in [-0.4, -0.2) is 38.7 Å². The van der Waals surface area contributed by atoms with E-state index in [1.807, 2.05) is 87.1 Å². The third kappa shape index (κ3) is 4.00. The minimum atomic E-state index is -0.785. The van der Waals surface area contributed by atoms with Crippen LogP contribution in [0.25, 0.3) is 16.3 Å². The highest BCUT2D eigenvalue weighted by atomic mass is 32.1. The van der Waals surface area contributed by atoms with Crippen LogP contribution in [0, 0.1) is 0 Å². The maximum absolute atomic E-state index is 13.0. The summed E-state index contributed by atoms with van der Waals surface area (Å²) in [4.78, 5) is 15.8. The monoisotopic (exact) mass is 425 g/mol. The van der Waals surface area contributed by atoms with E-state index in [0.717, 1.165) is 22.0 Å². The van der Waals surface area contributed by atoms with Crippen LogP contribution in [0.3, 0.4) is 0 Å². The molecule has 0 radical (unpaired) electrons. The molecule has 1 saturated heterocycles. The molecule has 1 atom stereocenters. The van der Waals surface area contributed by atoms with Gasteiger partial charge in [-0.2, -0.15) is 5.10 Å². The van der Waals surface area contributed by atoms with Crippen molar-refractivity contribution < 1.29 is 14.3 Å². The highest BCUT2D eigenvalue weighted by Gasteiger charge is 2.47. The molecular formula is C23H27N3O3S. The van der Waals surface area contributed by atoms with Gasteiger partial charge in [0.1, 0.15) is 17.4 Å². The summed E-state index contributed by atoms with van der Waals surface area (Å²) in [6, 6.07) is 15.8. The number of hydrogen-bond acceptors (Lipinski definition) is 5. The summed E-state index contributed by atoms with van der Waals surface area (Å²) in [5.41, 5.74) is 1.35. The van der Waals surface area contributed by atoms with E-state index in [4.69, 9.17) is 14.6 Å². The fraction of sp³-hybridized carbons (Fsp3) is 0.391. The SMILES string of the molecule is CC(C)(C)OC(=O)N1[C@H](c2cc(-c3cccs3)n(-c3ccccc3)n2)COC1(C)C. The van der Waals surface area contributed by atoms with Crippen LogP contribution in [0.5, 0.6) is 0 Å². The first-order chi connectivity index (χ1) is 14.2. The zero-order valence-electron chi connectivity index (χ0n) is 18.0. The van der Waals surface area contributed by atoms with Crippen molar-refractivity contribution in [3.63, 3.8) is 0 Å². The lowest BCUT2D eigenvalue weighted by molar-refractivity contribution is -0.0627. The third-order valence-electron chi connectivity index (χ3n) is 4.92. The summed E-state index contributed by atoms with van der Waals surface area (Å²) in [6.45, 7) is 9.72. The van der Waals surface area contributed by atoms with Gasteiger partial charge in [0.05, 0.1) is 28.6 Å². The van der Waals surface area contributed by atoms with Gasteiger partial charge in [0.25, 0.3) is 0 Å². The van der Waals surface area contributed by atoms with E-state index < -0.39 is 17.4 Å². The molecule has 1 aliphatic rings. The van der Waals surface area contributed by atoms with Gasteiger partial charge in [-0.3, -0.25) is 4.90 Å². The van der Waals surface area contributed by atoms with Crippen LogP contribution >= 0.6 is 11.3 Å². The number of amides is 1. The molecule has 0 N–H and O–H groups in total. The zero-order chi connectivity index (χ0) is 21.5. The largest absolute Gasteiger partial charge is 0.444 e. The van der Waals surface area contributed by atoms with E-state index >= 15 is 0 Å². The molecule has 1 aliphatic heterocycles. The molecule has 3 heterocycles. The highest BCUT2D eigenvalue weighted by molar-refractivity contribution is 7.13. The summed E-state index contributed by atoms with van der Waals surface area (Å²) < 4.78 is 13.6. The number of hydrogen-bond donors (Lipinski definition) is 0. The van der Waals surface area contributed by atoms with Crippen LogP contribution in [0.15, 0.2) is 53.9 Å². The van der Waals surface area contributed by atoms with Gasteiger partial charge in [-0.05, 0) is 64.3 Å². The molecule has 4 rings (SSSR count). The molecule has 0 aliphatic carbocycles. The highest BCUT2D eigenvalue weighted by Crippen LogP contribution is 2.39. The first-order valence-corrected chi connectivity index (χ1v) is 10.9. The minimum Gasteiger partial charge on any atom is -0.444 e. The average molecular weight is 426 g/mol. The maximum Gasteiger partial charge on any atom is 0.413 e. The normalized spacial score (nSPS) is 18.6. The first-order valence-electron chi connectivity index (χ1n) is 10.0. The Morgan fingerprint density at radius 3 is 2.57 bits per heavy atom. The van der Waals surface area contributed by atoms with Crippen LogP contribution in [0.1, 0.15) is 46.4 Å². The van der Waals surface area contributed by atoms with Crippen molar-refractivity contribution in [1.82, 2.24) is 14.7 Å². The second kappa shape index (κ2) is 7.56. The molecule has 1 fully saturated rings. The van der Waals surface area contributed by atoms with Gasteiger partial charge in [0.2, 0.25) is 0 Å². The van der Waals surface area contributed by atoms with Crippen LogP contribution < -0.4 is 0 Å². The number of carbonyl (C=O) groups is 1. The Labute approximate surface area is 181 Å². The Bertz CT molecular complexity index is 1020. The lowest BCUT2D eigenvalue weighted by atomic mass is 10.1. The number of aromatic nitrogens is 2. The third-order valence-corrected chi connectivity index (χ3v) is 5.81. The summed E-state index contributed by atoms with van der Waals surface area (Å²) in [5, 5.41) is 6.95. The number of carbonyl (C=O) groups excluding carboxylic acids is 1. The molecule has 0 spiro atoms. The zero-order valence-corrected chi connectivity index (χ0v) is 18.8. The van der Waals surface area contributed by atoms with E-state index in [0.29, 0.717) is 6.61 Å². The standard InChI is InChI=1S/C23H27N3O3S/c1-22(2,3)29-21(27)25-19(15-28-23(25,4)5)17-14-18(20-12-9-13-30-20)26(24-17)16-10-7-6-8-11-16/h6-14,19H,15H2,1-5H3/t19-/m0/s1. The van der Waals surface area contributed by atoms with Gasteiger partial charge in [0, 0.05) is 0 Å². The predicted molar refractivity (Wildman–Crippen MR) is 118 cm³/mol. The number of para-hydroxylation sites is 1. The topological polar surface area (TPSA) is 56.6 Å². The summed E-state index contributed by atoms with van der Waals surface area (Å²) in [6.07, 6.45) is -0.401. The Morgan fingerprint density at radius 2 is 1.93 bits per heavy atom. The van der Waals surface area contributed by atoms with Crippen molar-refractivity contribution in [1.29, 1.82) is 0 Å². The van der Waals surface area contributed by atoms with Crippen molar-refractivity contribution in [3.05, 3.63) is 59.6 Å². The molecule has 0 bridgehead atoms. The van der Waals surface area contributed by atoms with Crippen molar-refractivity contribution in [2.75, 3.05) is 6.61 Å². The lowest BCUT2D eigenvalue weighted by Crippen LogP contribution is -2.47. The molecule has 7 heteroatoms. The van der Waals surface area contributed by atoms with Crippen LogP contribution in [0.2, 0.25) is 0 Å². The van der Waals surface area contributed by atoms with E-state index in [9.17, 15) is 4.79 Å². The Hall–Kier alpha value is -2.64. The summed E-state index contributed by atoms with van der Waals surface area (Å²) in [7, 11) is 0. The van der Waals surface area contributed by atoms with Gasteiger partial charge < -0.3 is 9.47 Å². The second-order valence-corrected chi connectivity index (χ2v) is 9.75. The molecule has 1 amide bonds. The van der Waals surface area contributed by atoms with Gasteiger partial charge in [0.15, 0.2) is 0 Å². The molecule has 6 nitrogen and oxygen atoms in total. The quantitative estimate of drug-likeness (QED) is 0.544. The molecule has 158 valence electrons. The van der Waals surface area contributed by atoms with Crippen LogP contribution in [0.4, 0.5) is 4.79 Å². The molecule has 0 unspecified atom stereocenters. The molecule has 3 aromatic rings. The van der Waals surface area contributed by atoms with Crippen molar-refractivity contribution in [3.8, 4) is 16.3 Å². The van der Waals surface area contributed by atoms with Crippen molar-refractivity contribution in [2.24, 2.45) is 0 Å². The van der Waals surface area contributed by atoms with Gasteiger partial charge in [-0.15, -0.1) is 11.3 Å². The predicted octanol–water partition coefficient (Wildman–Crippen LogP) is 5.65. The fourth-order valence-corrected chi connectivity index (χ4v) is 4.33. The number of ether oxygens (including phenoxy) is 2. The Balaban J connectivity index is 1.77. The van der Waals surface area contributed by atoms with Crippen molar-refractivity contribution >= 4 is 17.4 Å². The number of benzene rings is 1. The molecule has 30 heavy (non-hydrogen) atoms. The maximum atomic E-state index is 13.0.